The molecule has 5 heteroatoms. The van der Waals surface area contributed by atoms with Crippen molar-refractivity contribution in [1.29, 1.82) is 0 Å². The average Bonchev–Trinajstić information content (AvgIpc) is 2.77. The molecule has 0 saturated carbocycles. The number of carbonyl (C=O) groups is 1. The van der Waals surface area contributed by atoms with Gasteiger partial charge in [0.05, 0.1) is 16.6 Å². The van der Waals surface area contributed by atoms with Gasteiger partial charge in [0, 0.05) is 19.6 Å². The van der Waals surface area contributed by atoms with Crippen LogP contribution in [0, 0.1) is 0 Å². The lowest BCUT2D eigenvalue weighted by Gasteiger charge is -2.09. The van der Waals surface area contributed by atoms with E-state index in [-0.39, 0.29) is 12.2 Å². The molecule has 19 heavy (non-hydrogen) atoms. The van der Waals surface area contributed by atoms with Crippen LogP contribution in [0.25, 0.3) is 11.0 Å². The van der Waals surface area contributed by atoms with Gasteiger partial charge in [-0.15, -0.1) is 0 Å². The van der Waals surface area contributed by atoms with Crippen molar-refractivity contribution < 1.29 is 15.0 Å². The summed E-state index contributed by atoms with van der Waals surface area (Å²) in [4.78, 5) is 15.8. The highest BCUT2D eigenvalue weighted by Crippen LogP contribution is 2.22. The van der Waals surface area contributed by atoms with Crippen LogP contribution in [0.2, 0.25) is 0 Å². The maximum absolute atomic E-state index is 11.3. The third kappa shape index (κ3) is 2.61. The van der Waals surface area contributed by atoms with Gasteiger partial charge in [-0.2, -0.15) is 0 Å². The number of para-hydroxylation sites is 1. The first-order valence-electron chi connectivity index (χ1n) is 6.51. The Balaban J connectivity index is 2.53. The standard InChI is InChI=1S/C14H18N2O3/c1-2-12-15-11-7-5-6-10(14(18)19)13(11)16(12)8-3-4-9-17/h5-7,17H,2-4,8-9H2,1H3,(H,18,19). The summed E-state index contributed by atoms with van der Waals surface area (Å²) >= 11 is 0. The molecular formula is C14H18N2O3. The Morgan fingerprint density at radius 2 is 2.16 bits per heavy atom. The maximum atomic E-state index is 11.3. The molecule has 0 atom stereocenters. The van der Waals surface area contributed by atoms with Crippen LogP contribution >= 0.6 is 0 Å². The molecule has 1 aromatic carbocycles. The lowest BCUT2D eigenvalue weighted by Crippen LogP contribution is -2.07. The Bertz CT molecular complexity index is 590. The molecule has 0 fully saturated rings. The van der Waals surface area contributed by atoms with Gasteiger partial charge in [-0.1, -0.05) is 13.0 Å². The second-order valence-corrected chi connectivity index (χ2v) is 4.44. The number of hydrogen-bond acceptors (Lipinski definition) is 3. The second-order valence-electron chi connectivity index (χ2n) is 4.44. The summed E-state index contributed by atoms with van der Waals surface area (Å²) < 4.78 is 1.97. The number of imidazole rings is 1. The van der Waals surface area contributed by atoms with Gasteiger partial charge in [0.15, 0.2) is 0 Å². The van der Waals surface area contributed by atoms with Gasteiger partial charge in [-0.05, 0) is 25.0 Å². The largest absolute Gasteiger partial charge is 0.478 e. The Morgan fingerprint density at radius 1 is 1.37 bits per heavy atom. The summed E-state index contributed by atoms with van der Waals surface area (Å²) in [6, 6.07) is 5.16. The van der Waals surface area contributed by atoms with E-state index in [2.05, 4.69) is 4.98 Å². The first-order valence-corrected chi connectivity index (χ1v) is 6.51. The van der Waals surface area contributed by atoms with Crippen LogP contribution in [0.1, 0.15) is 35.9 Å². The Kier molecular flexibility index (Phi) is 4.16. The fourth-order valence-corrected chi connectivity index (χ4v) is 2.30. The number of aliphatic hydroxyl groups excluding tert-OH is 1. The summed E-state index contributed by atoms with van der Waals surface area (Å²) in [6.45, 7) is 2.84. The fraction of sp³-hybridized carbons (Fsp3) is 0.429. The predicted molar refractivity (Wildman–Crippen MR) is 72.4 cm³/mol. The summed E-state index contributed by atoms with van der Waals surface area (Å²) in [5, 5.41) is 18.1. The summed E-state index contributed by atoms with van der Waals surface area (Å²) in [5.74, 6) is -0.0433. The van der Waals surface area contributed by atoms with Gasteiger partial charge in [0.1, 0.15) is 5.82 Å². The van der Waals surface area contributed by atoms with E-state index in [1.807, 2.05) is 17.6 Å². The van der Waals surface area contributed by atoms with Gasteiger partial charge in [-0.3, -0.25) is 0 Å². The Hall–Kier alpha value is -1.88. The molecule has 2 rings (SSSR count). The summed E-state index contributed by atoms with van der Waals surface area (Å²) in [6.07, 6.45) is 2.27. The molecule has 0 saturated heterocycles. The van der Waals surface area contributed by atoms with Gasteiger partial charge >= 0.3 is 5.97 Å². The zero-order valence-corrected chi connectivity index (χ0v) is 11.0. The van der Waals surface area contributed by atoms with Crippen LogP contribution in [0.15, 0.2) is 18.2 Å². The molecule has 0 spiro atoms. The number of aliphatic hydroxyl groups is 1. The summed E-state index contributed by atoms with van der Waals surface area (Å²) in [5.41, 5.74) is 1.69. The van der Waals surface area contributed by atoms with E-state index in [0.717, 1.165) is 24.2 Å². The van der Waals surface area contributed by atoms with Crippen molar-refractivity contribution in [3.05, 3.63) is 29.6 Å². The highest BCUT2D eigenvalue weighted by molar-refractivity contribution is 6.01. The zero-order chi connectivity index (χ0) is 13.8. The van der Waals surface area contributed by atoms with Crippen molar-refractivity contribution in [3.63, 3.8) is 0 Å². The number of nitrogens with zero attached hydrogens (tertiary/aromatic N) is 2. The van der Waals surface area contributed by atoms with E-state index >= 15 is 0 Å². The van der Waals surface area contributed by atoms with E-state index in [4.69, 9.17) is 5.11 Å². The second kappa shape index (κ2) is 5.84. The van der Waals surface area contributed by atoms with Crippen molar-refractivity contribution in [3.8, 4) is 0 Å². The smallest absolute Gasteiger partial charge is 0.337 e. The molecule has 0 amide bonds. The number of hydrogen-bond donors (Lipinski definition) is 2. The fourth-order valence-electron chi connectivity index (χ4n) is 2.30. The lowest BCUT2D eigenvalue weighted by molar-refractivity contribution is 0.0698. The quantitative estimate of drug-likeness (QED) is 0.781. The monoisotopic (exact) mass is 262 g/mol. The molecule has 102 valence electrons. The number of aromatic nitrogens is 2. The predicted octanol–water partition coefficient (Wildman–Crippen LogP) is 2.07. The van der Waals surface area contributed by atoms with Gasteiger partial charge in [-0.25, -0.2) is 9.78 Å². The normalized spacial score (nSPS) is 11.1. The number of carboxylic acids is 1. The number of benzene rings is 1. The molecule has 1 heterocycles. The van der Waals surface area contributed by atoms with Crippen LogP contribution in [0.3, 0.4) is 0 Å². The molecule has 0 aliphatic heterocycles. The molecule has 2 N–H and O–H groups in total. The van der Waals surface area contributed by atoms with E-state index in [1.165, 1.54) is 0 Å². The van der Waals surface area contributed by atoms with E-state index in [1.54, 1.807) is 12.1 Å². The van der Waals surface area contributed by atoms with E-state index in [9.17, 15) is 9.90 Å². The average molecular weight is 262 g/mol. The van der Waals surface area contributed by atoms with Crippen LogP contribution in [-0.4, -0.2) is 32.3 Å². The number of rotatable bonds is 6. The molecule has 0 radical (unpaired) electrons. The number of aryl methyl sites for hydroxylation is 2. The number of unbranched alkanes of at least 4 members (excludes halogenated alkanes) is 1. The van der Waals surface area contributed by atoms with Crippen molar-refractivity contribution in [1.82, 2.24) is 9.55 Å². The molecule has 1 aromatic heterocycles. The third-order valence-electron chi connectivity index (χ3n) is 3.18. The molecule has 0 aliphatic carbocycles. The first kappa shape index (κ1) is 13.5. The van der Waals surface area contributed by atoms with Crippen LogP contribution < -0.4 is 0 Å². The summed E-state index contributed by atoms with van der Waals surface area (Å²) in [7, 11) is 0. The number of carboxylic acid groups (broad SMARTS) is 1. The van der Waals surface area contributed by atoms with Crippen molar-refractivity contribution in [2.24, 2.45) is 0 Å². The van der Waals surface area contributed by atoms with Crippen molar-refractivity contribution in [2.45, 2.75) is 32.7 Å². The molecule has 5 nitrogen and oxygen atoms in total. The minimum atomic E-state index is -0.934. The highest BCUT2D eigenvalue weighted by Gasteiger charge is 2.16. The first-order chi connectivity index (χ1) is 9.19. The highest BCUT2D eigenvalue weighted by atomic mass is 16.4. The van der Waals surface area contributed by atoms with E-state index < -0.39 is 5.97 Å². The molecular weight excluding hydrogens is 244 g/mol. The van der Waals surface area contributed by atoms with Gasteiger partial charge < -0.3 is 14.8 Å². The molecule has 2 aromatic rings. The van der Waals surface area contributed by atoms with Crippen LogP contribution in [0.4, 0.5) is 0 Å². The van der Waals surface area contributed by atoms with Crippen molar-refractivity contribution >= 4 is 17.0 Å². The molecule has 0 aliphatic rings. The van der Waals surface area contributed by atoms with Gasteiger partial charge in [0.2, 0.25) is 0 Å². The molecule has 0 unspecified atom stereocenters. The topological polar surface area (TPSA) is 75.3 Å². The lowest BCUT2D eigenvalue weighted by atomic mass is 10.2. The van der Waals surface area contributed by atoms with E-state index in [0.29, 0.717) is 18.5 Å². The van der Waals surface area contributed by atoms with Crippen LogP contribution in [-0.2, 0) is 13.0 Å². The minimum Gasteiger partial charge on any atom is -0.478 e. The maximum Gasteiger partial charge on any atom is 0.337 e. The number of aromatic carboxylic acids is 1. The number of fused-ring (bicyclic) bond motifs is 1. The molecule has 0 bridgehead atoms. The Morgan fingerprint density at radius 3 is 2.79 bits per heavy atom. The van der Waals surface area contributed by atoms with Crippen molar-refractivity contribution in [2.75, 3.05) is 6.61 Å². The third-order valence-corrected chi connectivity index (χ3v) is 3.18. The van der Waals surface area contributed by atoms with Crippen LogP contribution in [0.5, 0.6) is 0 Å². The Labute approximate surface area is 111 Å². The van der Waals surface area contributed by atoms with Gasteiger partial charge in [0.25, 0.3) is 0 Å². The minimum absolute atomic E-state index is 0.153. The zero-order valence-electron chi connectivity index (χ0n) is 11.0. The SMILES string of the molecule is CCc1nc2cccc(C(=O)O)c2n1CCCCO.